The molecule has 1 N–H and O–H groups in total. The van der Waals surface area contributed by atoms with E-state index in [0.29, 0.717) is 23.6 Å². The number of aliphatic hydroxyl groups excluding tert-OH is 1. The van der Waals surface area contributed by atoms with Gasteiger partial charge in [0.15, 0.2) is 0 Å². The van der Waals surface area contributed by atoms with Gasteiger partial charge in [0.2, 0.25) is 0 Å². The zero-order chi connectivity index (χ0) is 17.8. The van der Waals surface area contributed by atoms with Crippen LogP contribution in [0.1, 0.15) is 22.8 Å². The van der Waals surface area contributed by atoms with Gasteiger partial charge < -0.3 is 19.5 Å². The van der Waals surface area contributed by atoms with Crippen LogP contribution in [-0.2, 0) is 11.3 Å². The highest BCUT2D eigenvalue weighted by molar-refractivity contribution is 5.94. The monoisotopic (exact) mass is 337 g/mol. The van der Waals surface area contributed by atoms with E-state index < -0.39 is 6.10 Å². The van der Waals surface area contributed by atoms with E-state index in [1.165, 1.54) is 4.90 Å². The third kappa shape index (κ3) is 3.44. The number of aliphatic hydroxyl groups is 1. The Morgan fingerprint density at radius 1 is 1.12 bits per heavy atom. The van der Waals surface area contributed by atoms with Crippen LogP contribution in [0.15, 0.2) is 42.5 Å². The van der Waals surface area contributed by atoms with Gasteiger partial charge in [0.25, 0.3) is 5.91 Å². The van der Waals surface area contributed by atoms with E-state index in [4.69, 9.17) is 9.47 Å². The van der Waals surface area contributed by atoms with Crippen molar-refractivity contribution in [3.8, 4) is 23.3 Å². The molecule has 1 unspecified atom stereocenters. The summed E-state index contributed by atoms with van der Waals surface area (Å²) < 4.78 is 10.7. The number of rotatable bonds is 2. The molecule has 5 nitrogen and oxygen atoms in total. The molecule has 2 aromatic carbocycles. The Hall–Kier alpha value is -2.97. The molecule has 25 heavy (non-hydrogen) atoms. The number of carbonyl (C=O) groups excluding carboxylic acids is 1. The Balaban J connectivity index is 1.88. The largest absolute Gasteiger partial charge is 0.496 e. The van der Waals surface area contributed by atoms with Gasteiger partial charge in [-0.1, -0.05) is 24.1 Å². The molecule has 1 amide bonds. The molecule has 0 spiro atoms. The number of nitrogens with zero attached hydrogens (tertiary/aromatic N) is 1. The van der Waals surface area contributed by atoms with Crippen molar-refractivity contribution in [2.45, 2.75) is 12.6 Å². The maximum Gasteiger partial charge on any atom is 0.299 e. The highest BCUT2D eigenvalue weighted by Gasteiger charge is 2.31. The molecule has 1 heterocycles. The summed E-state index contributed by atoms with van der Waals surface area (Å²) in [5.41, 5.74) is 2.19. The Morgan fingerprint density at radius 3 is 2.48 bits per heavy atom. The number of ether oxygens (including phenoxy) is 2. The van der Waals surface area contributed by atoms with Crippen LogP contribution in [0.3, 0.4) is 0 Å². The molecule has 5 heteroatoms. The maximum atomic E-state index is 12.5. The number of fused-ring (bicyclic) bond motifs is 1. The molecule has 0 saturated carbocycles. The first-order chi connectivity index (χ1) is 12.1. The van der Waals surface area contributed by atoms with E-state index in [-0.39, 0.29) is 12.5 Å². The first-order valence-corrected chi connectivity index (χ1v) is 7.91. The molecule has 1 aliphatic rings. The van der Waals surface area contributed by atoms with Gasteiger partial charge in [-0.2, -0.15) is 0 Å². The van der Waals surface area contributed by atoms with Crippen molar-refractivity contribution in [2.75, 3.05) is 20.8 Å². The fourth-order valence-electron chi connectivity index (χ4n) is 2.96. The van der Waals surface area contributed by atoms with Gasteiger partial charge in [-0.25, -0.2) is 0 Å². The molecule has 0 fully saturated rings. The number of hydrogen-bond acceptors (Lipinski definition) is 4. The van der Waals surface area contributed by atoms with Gasteiger partial charge in [-0.05, 0) is 24.3 Å². The van der Waals surface area contributed by atoms with Crippen LogP contribution >= 0.6 is 0 Å². The quantitative estimate of drug-likeness (QED) is 0.853. The molecule has 1 aliphatic heterocycles. The minimum Gasteiger partial charge on any atom is -0.496 e. The van der Waals surface area contributed by atoms with E-state index in [1.54, 1.807) is 26.4 Å². The Bertz CT molecular complexity index is 836. The Kier molecular flexibility index (Phi) is 4.92. The zero-order valence-corrected chi connectivity index (χ0v) is 14.2. The molecule has 3 rings (SSSR count). The van der Waals surface area contributed by atoms with E-state index in [9.17, 15) is 9.90 Å². The van der Waals surface area contributed by atoms with E-state index in [0.717, 1.165) is 11.1 Å². The number of benzene rings is 2. The van der Waals surface area contributed by atoms with E-state index in [2.05, 4.69) is 11.8 Å². The average Bonchev–Trinajstić information content (AvgIpc) is 2.65. The predicted octanol–water partition coefficient (Wildman–Crippen LogP) is 2.13. The van der Waals surface area contributed by atoms with Gasteiger partial charge in [0.1, 0.15) is 17.6 Å². The van der Waals surface area contributed by atoms with Crippen molar-refractivity contribution in [2.24, 2.45) is 0 Å². The topological polar surface area (TPSA) is 59.0 Å². The van der Waals surface area contributed by atoms with E-state index in [1.807, 2.05) is 30.3 Å². The second-order valence-corrected chi connectivity index (χ2v) is 5.68. The van der Waals surface area contributed by atoms with Crippen LogP contribution in [0.25, 0.3) is 0 Å². The summed E-state index contributed by atoms with van der Waals surface area (Å²) in [5, 5.41) is 10.5. The van der Waals surface area contributed by atoms with Crippen molar-refractivity contribution in [1.82, 2.24) is 4.90 Å². The molecular weight excluding hydrogens is 318 g/mol. The number of methoxy groups -OCH3 is 2. The number of β-amino-alcohol motifs (C(OH)–C–C–N with tert-alkyl or cyclic N) is 1. The standard InChI is InChI=1S/C20H19NO4/c1-24-17-9-10-18(25-2)20-15(17)12-21(13-16(20)22)19(23)11-8-14-6-4-3-5-7-14/h3-7,9-10,16,22H,12-13H2,1-2H3. The maximum absolute atomic E-state index is 12.5. The second-order valence-electron chi connectivity index (χ2n) is 5.68. The fourth-order valence-corrected chi connectivity index (χ4v) is 2.96. The third-order valence-electron chi connectivity index (χ3n) is 4.16. The lowest BCUT2D eigenvalue weighted by Crippen LogP contribution is -2.38. The summed E-state index contributed by atoms with van der Waals surface area (Å²) in [6, 6.07) is 12.8. The van der Waals surface area contributed by atoms with E-state index >= 15 is 0 Å². The number of hydrogen-bond donors (Lipinski definition) is 1. The minimum absolute atomic E-state index is 0.166. The minimum atomic E-state index is -0.851. The molecule has 0 aliphatic carbocycles. The van der Waals surface area contributed by atoms with Gasteiger partial charge in [0.05, 0.1) is 27.3 Å². The van der Waals surface area contributed by atoms with Crippen molar-refractivity contribution in [3.05, 3.63) is 59.2 Å². The summed E-state index contributed by atoms with van der Waals surface area (Å²) in [6.45, 7) is 0.480. The van der Waals surface area contributed by atoms with Crippen LogP contribution in [0.5, 0.6) is 11.5 Å². The van der Waals surface area contributed by atoms with Gasteiger partial charge in [-0.3, -0.25) is 4.79 Å². The molecule has 0 radical (unpaired) electrons. The molecule has 0 saturated heterocycles. The van der Waals surface area contributed by atoms with Gasteiger partial charge in [0, 0.05) is 22.6 Å². The highest BCUT2D eigenvalue weighted by atomic mass is 16.5. The van der Waals surface area contributed by atoms with Crippen molar-refractivity contribution >= 4 is 5.91 Å². The lowest BCUT2D eigenvalue weighted by atomic mass is 9.95. The molecule has 2 aromatic rings. The summed E-state index contributed by atoms with van der Waals surface area (Å²) in [5.74, 6) is 6.36. The van der Waals surface area contributed by atoms with Crippen LogP contribution in [0.4, 0.5) is 0 Å². The summed E-state index contributed by atoms with van der Waals surface area (Å²) in [6.07, 6.45) is -0.851. The lowest BCUT2D eigenvalue weighted by molar-refractivity contribution is -0.127. The summed E-state index contributed by atoms with van der Waals surface area (Å²) in [7, 11) is 3.11. The van der Waals surface area contributed by atoms with Crippen LogP contribution in [-0.4, -0.2) is 36.7 Å². The summed E-state index contributed by atoms with van der Waals surface area (Å²) >= 11 is 0. The normalized spacial score (nSPS) is 15.6. The van der Waals surface area contributed by atoms with Crippen LogP contribution < -0.4 is 9.47 Å². The smallest absolute Gasteiger partial charge is 0.299 e. The van der Waals surface area contributed by atoms with Crippen LogP contribution in [0, 0.1) is 11.8 Å². The Labute approximate surface area is 146 Å². The lowest BCUT2D eigenvalue weighted by Gasteiger charge is -2.32. The number of amides is 1. The molecule has 0 aromatic heterocycles. The molecule has 128 valence electrons. The molecular formula is C20H19NO4. The third-order valence-corrected chi connectivity index (χ3v) is 4.16. The first-order valence-electron chi connectivity index (χ1n) is 7.91. The van der Waals surface area contributed by atoms with Crippen molar-refractivity contribution in [3.63, 3.8) is 0 Å². The van der Waals surface area contributed by atoms with Crippen molar-refractivity contribution in [1.29, 1.82) is 0 Å². The molecule has 0 bridgehead atoms. The fraction of sp³-hybridized carbons (Fsp3) is 0.250. The van der Waals surface area contributed by atoms with Crippen molar-refractivity contribution < 1.29 is 19.4 Å². The zero-order valence-electron chi connectivity index (χ0n) is 14.2. The van der Waals surface area contributed by atoms with Crippen LogP contribution in [0.2, 0.25) is 0 Å². The Morgan fingerprint density at radius 2 is 1.80 bits per heavy atom. The number of carbonyl (C=O) groups is 1. The molecule has 1 atom stereocenters. The second kappa shape index (κ2) is 7.29. The average molecular weight is 337 g/mol. The van der Waals surface area contributed by atoms with Gasteiger partial charge in [-0.15, -0.1) is 0 Å². The predicted molar refractivity (Wildman–Crippen MR) is 93.2 cm³/mol. The first kappa shape index (κ1) is 16.9. The SMILES string of the molecule is COc1ccc(OC)c2c1CN(C(=O)C#Cc1ccccc1)CC2O. The highest BCUT2D eigenvalue weighted by Crippen LogP contribution is 2.39. The van der Waals surface area contributed by atoms with Gasteiger partial charge >= 0.3 is 0 Å². The summed E-state index contributed by atoms with van der Waals surface area (Å²) in [4.78, 5) is 14.0.